The minimum absolute atomic E-state index is 0.0540. The molecule has 24 heavy (non-hydrogen) atoms. The van der Waals surface area contributed by atoms with Gasteiger partial charge in [0, 0.05) is 12.8 Å². The number of aliphatic hydroxyl groups is 3. The van der Waals surface area contributed by atoms with Crippen LogP contribution in [0.2, 0.25) is 0 Å². The van der Waals surface area contributed by atoms with E-state index in [4.69, 9.17) is 15.9 Å². The smallest absolute Gasteiger partial charge is 0.328 e. The highest BCUT2D eigenvalue weighted by Gasteiger charge is 2.44. The molecule has 0 aliphatic rings. The highest BCUT2D eigenvalue weighted by atomic mass is 16.4. The normalized spacial score (nSPS) is 16.7. The molecule has 0 aromatic heterocycles. The van der Waals surface area contributed by atoms with E-state index in [0.29, 0.717) is 18.6 Å². The Morgan fingerprint density at radius 3 is 2.29 bits per heavy atom. The van der Waals surface area contributed by atoms with Crippen LogP contribution in [0, 0.1) is 0 Å². The van der Waals surface area contributed by atoms with Crippen molar-refractivity contribution in [3.8, 4) is 0 Å². The molecule has 7 nitrogen and oxygen atoms in total. The zero-order valence-corrected chi connectivity index (χ0v) is 14.4. The van der Waals surface area contributed by atoms with Gasteiger partial charge >= 0.3 is 5.97 Å². The number of carboxylic acids is 1. The van der Waals surface area contributed by atoms with Crippen molar-refractivity contribution >= 4 is 11.8 Å². The summed E-state index contributed by atoms with van der Waals surface area (Å²) < 4.78 is 0. The van der Waals surface area contributed by atoms with Crippen molar-refractivity contribution in [3.63, 3.8) is 0 Å². The molecule has 0 fully saturated rings. The van der Waals surface area contributed by atoms with Crippen molar-refractivity contribution in [1.82, 2.24) is 0 Å². The third-order valence-corrected chi connectivity index (χ3v) is 4.07. The summed E-state index contributed by atoms with van der Waals surface area (Å²) in [5.74, 6) is -1.27. The Balaban J connectivity index is 3.94. The number of ketones is 1. The summed E-state index contributed by atoms with van der Waals surface area (Å²) in [5.41, 5.74) is 3.13. The van der Waals surface area contributed by atoms with E-state index < -0.39 is 30.3 Å². The molecular weight excluding hydrogens is 314 g/mol. The van der Waals surface area contributed by atoms with Crippen molar-refractivity contribution in [2.45, 2.75) is 76.0 Å². The number of carboxylic acid groups (broad SMARTS) is 1. The summed E-state index contributed by atoms with van der Waals surface area (Å²) in [4.78, 5) is 22.1. The lowest BCUT2D eigenvalue weighted by molar-refractivity contribution is -0.155. The Labute approximate surface area is 143 Å². The van der Waals surface area contributed by atoms with Crippen LogP contribution in [0.5, 0.6) is 0 Å². The van der Waals surface area contributed by atoms with Gasteiger partial charge in [0.1, 0.15) is 11.9 Å². The van der Waals surface area contributed by atoms with Crippen molar-refractivity contribution in [2.75, 3.05) is 6.61 Å². The maximum absolute atomic E-state index is 11.1. The summed E-state index contributed by atoms with van der Waals surface area (Å²) in [6.45, 7) is 0.898. The van der Waals surface area contributed by atoms with E-state index in [1.54, 1.807) is 6.08 Å². The number of hydrogen-bond donors (Lipinski definition) is 5. The summed E-state index contributed by atoms with van der Waals surface area (Å²) in [6, 6.07) is 0. The average molecular weight is 345 g/mol. The second-order valence-corrected chi connectivity index (χ2v) is 6.07. The van der Waals surface area contributed by atoms with Crippen LogP contribution in [0.15, 0.2) is 12.2 Å². The number of aliphatic carboxylic acids is 1. The third-order valence-electron chi connectivity index (χ3n) is 4.07. The van der Waals surface area contributed by atoms with Crippen molar-refractivity contribution < 1.29 is 30.0 Å². The van der Waals surface area contributed by atoms with E-state index in [0.717, 1.165) is 32.1 Å². The maximum Gasteiger partial charge on any atom is 0.328 e. The number of carbonyl (C=O) groups excluding carboxylic acids is 1. The minimum atomic E-state index is -2.27. The second kappa shape index (κ2) is 12.1. The first-order chi connectivity index (χ1) is 11.3. The summed E-state index contributed by atoms with van der Waals surface area (Å²) in [6.07, 6.45) is 6.38. The predicted octanol–water partition coefficient (Wildman–Crippen LogP) is 0.749. The van der Waals surface area contributed by atoms with Gasteiger partial charge in [0.2, 0.25) is 0 Å². The van der Waals surface area contributed by atoms with Gasteiger partial charge in [-0.2, -0.15) is 0 Å². The van der Waals surface area contributed by atoms with E-state index in [9.17, 15) is 19.8 Å². The van der Waals surface area contributed by atoms with Gasteiger partial charge in [-0.25, -0.2) is 0 Å². The number of Topliss-reactive ketones (excluding diaryl/α,β-unsaturated/α-hetero) is 1. The number of allylic oxidation sites excluding steroid dienone is 1. The molecule has 140 valence electrons. The Morgan fingerprint density at radius 1 is 1.12 bits per heavy atom. The lowest BCUT2D eigenvalue weighted by Gasteiger charge is -2.30. The zero-order valence-electron chi connectivity index (χ0n) is 14.4. The largest absolute Gasteiger partial charge is 0.480 e. The van der Waals surface area contributed by atoms with E-state index in [1.165, 1.54) is 0 Å². The first-order valence-corrected chi connectivity index (χ1v) is 8.45. The van der Waals surface area contributed by atoms with Crippen molar-refractivity contribution in [3.05, 3.63) is 12.2 Å². The number of unbranched alkanes of at least 4 members (excludes halogenated alkanes) is 4. The summed E-state index contributed by atoms with van der Waals surface area (Å²) in [7, 11) is 0. The molecule has 3 atom stereocenters. The van der Waals surface area contributed by atoms with Gasteiger partial charge in [-0.1, -0.05) is 31.9 Å². The van der Waals surface area contributed by atoms with Gasteiger partial charge in [0.25, 0.3) is 0 Å². The molecule has 7 heteroatoms. The molecule has 0 rings (SSSR count). The van der Waals surface area contributed by atoms with E-state index in [1.807, 2.05) is 13.0 Å². The van der Waals surface area contributed by atoms with Crippen LogP contribution in [0.4, 0.5) is 0 Å². The first-order valence-electron chi connectivity index (χ1n) is 8.45. The van der Waals surface area contributed by atoms with Gasteiger partial charge in [0.15, 0.2) is 5.54 Å². The molecule has 0 aromatic rings. The van der Waals surface area contributed by atoms with Gasteiger partial charge in [-0.15, -0.1) is 0 Å². The van der Waals surface area contributed by atoms with Crippen molar-refractivity contribution in [1.29, 1.82) is 0 Å². The lowest BCUT2D eigenvalue weighted by Crippen LogP contribution is -2.63. The molecule has 0 aliphatic carbocycles. The van der Waals surface area contributed by atoms with Gasteiger partial charge in [0.05, 0.1) is 12.7 Å². The number of aliphatic hydroxyl groups excluding tert-OH is 3. The van der Waals surface area contributed by atoms with Crippen LogP contribution in [0.25, 0.3) is 0 Å². The lowest BCUT2D eigenvalue weighted by atomic mass is 9.89. The Bertz CT molecular complexity index is 412. The molecule has 0 amide bonds. The SMILES string of the molecule is CCC(=O)CCCCCC/C=C/CC(O)C(O)C(N)(CO)C(=O)O. The Kier molecular flexibility index (Phi) is 11.5. The van der Waals surface area contributed by atoms with Crippen LogP contribution >= 0.6 is 0 Å². The van der Waals surface area contributed by atoms with E-state index >= 15 is 0 Å². The summed E-state index contributed by atoms with van der Waals surface area (Å²) in [5, 5.41) is 37.5. The molecule has 0 saturated carbocycles. The average Bonchev–Trinajstić information content (AvgIpc) is 2.57. The van der Waals surface area contributed by atoms with E-state index in [2.05, 4.69) is 0 Å². The number of rotatable bonds is 14. The predicted molar refractivity (Wildman–Crippen MR) is 90.4 cm³/mol. The minimum Gasteiger partial charge on any atom is -0.480 e. The van der Waals surface area contributed by atoms with Gasteiger partial charge in [-0.3, -0.25) is 9.59 Å². The molecule has 6 N–H and O–H groups in total. The molecule has 0 aliphatic heterocycles. The number of hydrogen-bond acceptors (Lipinski definition) is 6. The van der Waals surface area contributed by atoms with E-state index in [-0.39, 0.29) is 6.42 Å². The number of carbonyl (C=O) groups is 2. The summed E-state index contributed by atoms with van der Waals surface area (Å²) >= 11 is 0. The fourth-order valence-electron chi connectivity index (χ4n) is 2.23. The molecule has 0 heterocycles. The molecular formula is C17H31NO6. The third kappa shape index (κ3) is 8.01. The van der Waals surface area contributed by atoms with Crippen molar-refractivity contribution in [2.24, 2.45) is 5.73 Å². The number of nitrogens with two attached hydrogens (primary N) is 1. The first kappa shape index (κ1) is 22.7. The van der Waals surface area contributed by atoms with Gasteiger partial charge in [-0.05, 0) is 25.7 Å². The molecule has 3 unspecified atom stereocenters. The molecule has 0 aromatic carbocycles. The Hall–Kier alpha value is -1.28. The quantitative estimate of drug-likeness (QED) is 0.231. The fourth-order valence-corrected chi connectivity index (χ4v) is 2.23. The fraction of sp³-hybridized carbons (Fsp3) is 0.765. The van der Waals surface area contributed by atoms with Crippen LogP contribution < -0.4 is 5.73 Å². The topological polar surface area (TPSA) is 141 Å². The molecule has 0 bridgehead atoms. The second-order valence-electron chi connectivity index (χ2n) is 6.07. The highest BCUT2D eigenvalue weighted by molar-refractivity contribution is 5.79. The zero-order chi connectivity index (χ0) is 18.6. The maximum atomic E-state index is 11.1. The highest BCUT2D eigenvalue weighted by Crippen LogP contribution is 2.14. The molecule has 0 radical (unpaired) electrons. The van der Waals surface area contributed by atoms with Crippen LogP contribution in [0.3, 0.4) is 0 Å². The Morgan fingerprint density at radius 2 is 1.75 bits per heavy atom. The van der Waals surface area contributed by atoms with Crippen LogP contribution in [-0.2, 0) is 9.59 Å². The van der Waals surface area contributed by atoms with Crippen LogP contribution in [-0.4, -0.2) is 56.5 Å². The molecule has 0 spiro atoms. The van der Waals surface area contributed by atoms with Gasteiger partial charge < -0.3 is 26.2 Å². The van der Waals surface area contributed by atoms with Crippen LogP contribution in [0.1, 0.15) is 58.3 Å². The standard InChI is InChI=1S/C17H31NO6/c1-2-13(20)10-8-6-4-3-5-7-9-11-14(21)15(22)17(18,12-19)16(23)24/h7,9,14-15,19,21-22H,2-6,8,10-12,18H2,1H3,(H,23,24)/b9-7+. The molecule has 0 saturated heterocycles. The monoisotopic (exact) mass is 345 g/mol.